The quantitative estimate of drug-likeness (QED) is 0.786. The molecule has 1 aromatic carbocycles. The highest BCUT2D eigenvalue weighted by Gasteiger charge is 2.03. The average Bonchev–Trinajstić information content (AvgIpc) is 2.30. The molecule has 0 unspecified atom stereocenters. The van der Waals surface area contributed by atoms with Crippen molar-refractivity contribution in [3.63, 3.8) is 0 Å². The number of benzene rings is 1. The van der Waals surface area contributed by atoms with Crippen molar-refractivity contribution in [2.24, 2.45) is 5.18 Å². The van der Waals surface area contributed by atoms with Crippen LogP contribution >= 0.6 is 0 Å². The van der Waals surface area contributed by atoms with Gasteiger partial charge < -0.3 is 5.32 Å². The minimum atomic E-state index is 0.243. The first-order valence-electron chi connectivity index (χ1n) is 5.29. The number of hydrogen-bond acceptors (Lipinski definition) is 3. The fraction of sp³-hybridized carbons (Fsp3) is 0.231. The van der Waals surface area contributed by atoms with Gasteiger partial charge in [-0.2, -0.15) is 4.91 Å². The van der Waals surface area contributed by atoms with Crippen LogP contribution in [0.3, 0.4) is 0 Å². The van der Waals surface area contributed by atoms with E-state index < -0.39 is 0 Å². The topological polar surface area (TPSA) is 41.5 Å². The Hall–Kier alpha value is -1.90. The number of rotatable bonds is 3. The summed E-state index contributed by atoms with van der Waals surface area (Å²) in [6.07, 6.45) is 4.18. The summed E-state index contributed by atoms with van der Waals surface area (Å²) in [5.41, 5.74) is 4.59. The molecule has 0 saturated carbocycles. The molecule has 3 nitrogen and oxygen atoms in total. The van der Waals surface area contributed by atoms with Gasteiger partial charge in [-0.05, 0) is 23.6 Å². The predicted molar refractivity (Wildman–Crippen MR) is 65.7 cm³/mol. The number of dihydropyridines is 1. The smallest absolute Gasteiger partial charge is 0.106 e. The Labute approximate surface area is 94.8 Å². The van der Waals surface area contributed by atoms with Gasteiger partial charge in [0.25, 0.3) is 0 Å². The van der Waals surface area contributed by atoms with Gasteiger partial charge in [0.1, 0.15) is 6.54 Å². The third-order valence-electron chi connectivity index (χ3n) is 2.57. The SMILES string of the molecule is CC1=CC(c2ccc(CN=O)cc2)=CNC1. The molecule has 0 radical (unpaired) electrons. The van der Waals surface area contributed by atoms with Crippen LogP contribution in [0.1, 0.15) is 18.1 Å². The Kier molecular flexibility index (Phi) is 3.15. The van der Waals surface area contributed by atoms with Crippen LogP contribution < -0.4 is 5.32 Å². The predicted octanol–water partition coefficient (Wildman–Crippen LogP) is 2.84. The van der Waals surface area contributed by atoms with Crippen molar-refractivity contribution in [2.45, 2.75) is 13.5 Å². The first-order valence-corrected chi connectivity index (χ1v) is 5.29. The van der Waals surface area contributed by atoms with Gasteiger partial charge >= 0.3 is 0 Å². The summed E-state index contributed by atoms with van der Waals surface area (Å²) >= 11 is 0. The number of nitrogens with zero attached hydrogens (tertiary/aromatic N) is 1. The molecule has 1 heterocycles. The average molecular weight is 214 g/mol. The molecule has 1 aromatic rings. The number of nitroso groups, excluding NO2 is 1. The van der Waals surface area contributed by atoms with E-state index in [9.17, 15) is 4.91 Å². The van der Waals surface area contributed by atoms with Crippen LogP contribution in [0, 0.1) is 4.91 Å². The van der Waals surface area contributed by atoms with E-state index in [0.29, 0.717) is 0 Å². The van der Waals surface area contributed by atoms with Crippen LogP contribution in [0.25, 0.3) is 5.57 Å². The molecule has 0 saturated heterocycles. The standard InChI is InChI=1S/C13H14N2O/c1-10-6-13(9-14-7-10)12-4-2-11(3-5-12)8-15-16/h2-6,9,14H,7-8H2,1H3. The van der Waals surface area contributed by atoms with Crippen molar-refractivity contribution in [2.75, 3.05) is 6.54 Å². The largest absolute Gasteiger partial charge is 0.387 e. The maximum Gasteiger partial charge on any atom is 0.106 e. The molecule has 0 atom stereocenters. The molecule has 16 heavy (non-hydrogen) atoms. The Morgan fingerprint density at radius 1 is 1.31 bits per heavy atom. The summed E-state index contributed by atoms with van der Waals surface area (Å²) in [6, 6.07) is 7.91. The van der Waals surface area contributed by atoms with Crippen LogP contribution in [0.4, 0.5) is 0 Å². The third-order valence-corrected chi connectivity index (χ3v) is 2.57. The molecule has 0 bridgehead atoms. The van der Waals surface area contributed by atoms with Crippen molar-refractivity contribution in [3.05, 3.63) is 58.1 Å². The third kappa shape index (κ3) is 2.37. The van der Waals surface area contributed by atoms with Crippen molar-refractivity contribution >= 4 is 5.57 Å². The van der Waals surface area contributed by atoms with Crippen LogP contribution in [-0.4, -0.2) is 6.54 Å². The molecule has 0 fully saturated rings. The van der Waals surface area contributed by atoms with Gasteiger partial charge in [-0.3, -0.25) is 0 Å². The second-order valence-electron chi connectivity index (χ2n) is 3.96. The Morgan fingerprint density at radius 3 is 2.69 bits per heavy atom. The Balaban J connectivity index is 2.21. The van der Waals surface area contributed by atoms with Gasteiger partial charge in [-0.1, -0.05) is 41.1 Å². The van der Waals surface area contributed by atoms with Gasteiger partial charge in [-0.15, -0.1) is 0 Å². The zero-order valence-corrected chi connectivity index (χ0v) is 9.23. The lowest BCUT2D eigenvalue weighted by molar-refractivity contribution is 0.925. The van der Waals surface area contributed by atoms with E-state index in [2.05, 4.69) is 23.5 Å². The highest BCUT2D eigenvalue weighted by Crippen LogP contribution is 2.19. The number of allylic oxidation sites excluding steroid dienone is 2. The van der Waals surface area contributed by atoms with Crippen LogP contribution in [0.15, 0.2) is 47.3 Å². The normalized spacial score (nSPS) is 14.8. The highest BCUT2D eigenvalue weighted by molar-refractivity contribution is 5.75. The van der Waals surface area contributed by atoms with Gasteiger partial charge in [0.15, 0.2) is 0 Å². The Morgan fingerprint density at radius 2 is 2.06 bits per heavy atom. The van der Waals surface area contributed by atoms with Crippen molar-refractivity contribution in [3.8, 4) is 0 Å². The van der Waals surface area contributed by atoms with Crippen LogP contribution in [0.2, 0.25) is 0 Å². The lowest BCUT2D eigenvalue weighted by atomic mass is 10.0. The Bertz CT molecular complexity index is 444. The summed E-state index contributed by atoms with van der Waals surface area (Å²) < 4.78 is 0. The second-order valence-corrected chi connectivity index (χ2v) is 3.96. The number of hydrogen-bond donors (Lipinski definition) is 1. The van der Waals surface area contributed by atoms with E-state index in [1.807, 2.05) is 30.5 Å². The molecule has 0 spiro atoms. The lowest BCUT2D eigenvalue weighted by Gasteiger charge is -2.12. The van der Waals surface area contributed by atoms with Crippen molar-refractivity contribution < 1.29 is 0 Å². The van der Waals surface area contributed by atoms with Gasteiger partial charge in [0.2, 0.25) is 0 Å². The minimum absolute atomic E-state index is 0.243. The molecule has 3 heteroatoms. The minimum Gasteiger partial charge on any atom is -0.387 e. The van der Waals surface area contributed by atoms with E-state index in [0.717, 1.165) is 17.7 Å². The second kappa shape index (κ2) is 4.75. The molecular weight excluding hydrogens is 200 g/mol. The fourth-order valence-corrected chi connectivity index (χ4v) is 1.72. The van der Waals surface area contributed by atoms with Crippen molar-refractivity contribution in [1.82, 2.24) is 5.32 Å². The molecule has 82 valence electrons. The lowest BCUT2D eigenvalue weighted by Crippen LogP contribution is -2.12. The van der Waals surface area contributed by atoms with E-state index in [1.54, 1.807) is 0 Å². The van der Waals surface area contributed by atoms with E-state index in [4.69, 9.17) is 0 Å². The van der Waals surface area contributed by atoms with Crippen molar-refractivity contribution in [1.29, 1.82) is 0 Å². The first-order chi connectivity index (χ1) is 7.79. The van der Waals surface area contributed by atoms with Crippen LogP contribution in [0.5, 0.6) is 0 Å². The maximum atomic E-state index is 10.1. The maximum absolute atomic E-state index is 10.1. The molecule has 0 aromatic heterocycles. The fourth-order valence-electron chi connectivity index (χ4n) is 1.72. The molecule has 1 N–H and O–H groups in total. The first kappa shape index (κ1) is 10.6. The van der Waals surface area contributed by atoms with Gasteiger partial charge in [-0.25, -0.2) is 0 Å². The molecule has 2 rings (SSSR count). The zero-order valence-electron chi connectivity index (χ0n) is 9.23. The van der Waals surface area contributed by atoms with Gasteiger partial charge in [0, 0.05) is 12.7 Å². The van der Waals surface area contributed by atoms with Gasteiger partial charge in [0.05, 0.1) is 0 Å². The summed E-state index contributed by atoms with van der Waals surface area (Å²) in [6.45, 7) is 3.26. The zero-order chi connectivity index (χ0) is 11.4. The number of nitrogens with one attached hydrogen (secondary N) is 1. The summed E-state index contributed by atoms with van der Waals surface area (Å²) in [5.74, 6) is 0. The molecule has 1 aliphatic heterocycles. The molecule has 1 aliphatic rings. The van der Waals surface area contributed by atoms with Crippen LogP contribution in [-0.2, 0) is 6.54 Å². The highest BCUT2D eigenvalue weighted by atomic mass is 16.3. The summed E-state index contributed by atoms with van der Waals surface area (Å²) in [7, 11) is 0. The molecule has 0 amide bonds. The summed E-state index contributed by atoms with van der Waals surface area (Å²) in [4.78, 5) is 10.1. The van der Waals surface area contributed by atoms with E-state index in [-0.39, 0.29) is 6.54 Å². The molecule has 0 aliphatic carbocycles. The van der Waals surface area contributed by atoms with E-state index in [1.165, 1.54) is 11.1 Å². The monoisotopic (exact) mass is 214 g/mol. The summed E-state index contributed by atoms with van der Waals surface area (Å²) in [5, 5.41) is 6.10. The molecular formula is C13H14N2O. The van der Waals surface area contributed by atoms with E-state index >= 15 is 0 Å².